The number of rotatable bonds is 6. The molecule has 1 aromatic carbocycles. The fourth-order valence-electron chi connectivity index (χ4n) is 2.62. The number of aromatic nitrogens is 3. The molecule has 0 saturated carbocycles. The number of nitrogens with one attached hydrogen (secondary N) is 1. The van der Waals surface area contributed by atoms with E-state index in [0.29, 0.717) is 18.0 Å². The van der Waals surface area contributed by atoms with E-state index in [0.717, 1.165) is 0 Å². The standard InChI is InChI=1S/C18H19FN4O2/c1-13(12-25-2)21-17(24)14-11-20-23(16-8-4-3-7-15(16)19)18(14)22-9-5-6-10-22/h3-11,13H,12H2,1-2H3,(H,21,24)/t13-/m1/s1. The highest BCUT2D eigenvalue weighted by atomic mass is 19.1. The summed E-state index contributed by atoms with van der Waals surface area (Å²) in [4.78, 5) is 12.6. The molecule has 0 bridgehead atoms. The summed E-state index contributed by atoms with van der Waals surface area (Å²) in [6.07, 6.45) is 5.00. The Labute approximate surface area is 144 Å². The first kappa shape index (κ1) is 16.9. The molecule has 1 N–H and O–H groups in total. The highest BCUT2D eigenvalue weighted by Crippen LogP contribution is 2.21. The number of nitrogens with zero attached hydrogens (tertiary/aromatic N) is 3. The van der Waals surface area contributed by atoms with Gasteiger partial charge in [-0.3, -0.25) is 4.79 Å². The van der Waals surface area contributed by atoms with Crippen molar-refractivity contribution >= 4 is 5.91 Å². The monoisotopic (exact) mass is 342 g/mol. The fourth-order valence-corrected chi connectivity index (χ4v) is 2.62. The molecule has 3 aromatic rings. The van der Waals surface area contributed by atoms with Crippen LogP contribution in [0.3, 0.4) is 0 Å². The Kier molecular flexibility index (Phi) is 4.95. The molecule has 0 aliphatic heterocycles. The Bertz CT molecular complexity index is 858. The number of hydrogen-bond donors (Lipinski definition) is 1. The van der Waals surface area contributed by atoms with Crippen molar-refractivity contribution in [1.82, 2.24) is 19.7 Å². The zero-order chi connectivity index (χ0) is 17.8. The van der Waals surface area contributed by atoms with Crippen LogP contribution in [0.15, 0.2) is 55.0 Å². The molecule has 130 valence electrons. The molecule has 1 atom stereocenters. The number of amides is 1. The van der Waals surface area contributed by atoms with Crippen LogP contribution in [0.5, 0.6) is 0 Å². The summed E-state index contributed by atoms with van der Waals surface area (Å²) in [5, 5.41) is 7.10. The Balaban J connectivity index is 2.06. The van der Waals surface area contributed by atoms with E-state index in [1.807, 2.05) is 19.1 Å². The summed E-state index contributed by atoms with van der Waals surface area (Å²) in [5.74, 6) is -0.244. The van der Waals surface area contributed by atoms with Crippen LogP contribution < -0.4 is 5.32 Å². The second kappa shape index (κ2) is 7.31. The maximum absolute atomic E-state index is 14.2. The van der Waals surface area contributed by atoms with Gasteiger partial charge in [-0.15, -0.1) is 0 Å². The summed E-state index contributed by atoms with van der Waals surface area (Å²) in [6, 6.07) is 9.80. The third kappa shape index (κ3) is 3.46. The quantitative estimate of drug-likeness (QED) is 0.749. The lowest BCUT2D eigenvalue weighted by molar-refractivity contribution is 0.0905. The molecule has 0 radical (unpaired) electrons. The molecule has 7 heteroatoms. The normalized spacial score (nSPS) is 12.1. The molecular formula is C18H19FN4O2. The van der Waals surface area contributed by atoms with Crippen molar-refractivity contribution in [3.8, 4) is 11.5 Å². The molecule has 3 rings (SSSR count). The molecule has 2 aromatic heterocycles. The molecule has 0 aliphatic carbocycles. The van der Waals surface area contributed by atoms with Gasteiger partial charge in [0.15, 0.2) is 5.82 Å². The lowest BCUT2D eigenvalue weighted by atomic mass is 10.2. The second-order valence-corrected chi connectivity index (χ2v) is 5.67. The molecule has 0 spiro atoms. The van der Waals surface area contributed by atoms with Crippen LogP contribution in [0, 0.1) is 5.82 Å². The van der Waals surface area contributed by atoms with E-state index in [-0.39, 0.29) is 17.6 Å². The molecule has 25 heavy (non-hydrogen) atoms. The van der Waals surface area contributed by atoms with E-state index in [1.165, 1.54) is 16.9 Å². The fraction of sp³-hybridized carbons (Fsp3) is 0.222. The summed E-state index contributed by atoms with van der Waals surface area (Å²) in [7, 11) is 1.57. The minimum Gasteiger partial charge on any atom is -0.383 e. The van der Waals surface area contributed by atoms with Crippen LogP contribution in [0.1, 0.15) is 17.3 Å². The molecule has 1 amide bonds. The molecule has 2 heterocycles. The summed E-state index contributed by atoms with van der Waals surface area (Å²) < 4.78 is 22.4. The largest absolute Gasteiger partial charge is 0.383 e. The SMILES string of the molecule is COC[C@@H](C)NC(=O)c1cnn(-c2ccccc2F)c1-n1cccc1. The Morgan fingerprint density at radius 2 is 2.00 bits per heavy atom. The van der Waals surface area contributed by atoms with Crippen molar-refractivity contribution in [1.29, 1.82) is 0 Å². The van der Waals surface area contributed by atoms with Gasteiger partial charge in [0.1, 0.15) is 17.1 Å². The number of halogens is 1. The van der Waals surface area contributed by atoms with Gasteiger partial charge in [-0.2, -0.15) is 5.10 Å². The van der Waals surface area contributed by atoms with Gasteiger partial charge in [0.2, 0.25) is 0 Å². The van der Waals surface area contributed by atoms with Crippen LogP contribution in [0.25, 0.3) is 11.5 Å². The predicted molar refractivity (Wildman–Crippen MR) is 91.7 cm³/mol. The zero-order valence-electron chi connectivity index (χ0n) is 14.0. The van der Waals surface area contributed by atoms with Crippen LogP contribution in [-0.4, -0.2) is 40.0 Å². The highest BCUT2D eigenvalue weighted by Gasteiger charge is 2.22. The molecule has 0 saturated heterocycles. The average molecular weight is 342 g/mol. The molecule has 0 aliphatic rings. The van der Waals surface area contributed by atoms with E-state index >= 15 is 0 Å². The van der Waals surface area contributed by atoms with Crippen LogP contribution in [0.2, 0.25) is 0 Å². The van der Waals surface area contributed by atoms with Crippen molar-refractivity contribution < 1.29 is 13.9 Å². The molecular weight excluding hydrogens is 323 g/mol. The van der Waals surface area contributed by atoms with Crippen molar-refractivity contribution in [3.63, 3.8) is 0 Å². The lowest BCUT2D eigenvalue weighted by Gasteiger charge is -2.14. The van der Waals surface area contributed by atoms with Crippen molar-refractivity contribution in [2.24, 2.45) is 0 Å². The Hall–Kier alpha value is -2.93. The van der Waals surface area contributed by atoms with Gasteiger partial charge in [-0.25, -0.2) is 9.07 Å². The van der Waals surface area contributed by atoms with Crippen LogP contribution in [-0.2, 0) is 4.74 Å². The van der Waals surface area contributed by atoms with Crippen molar-refractivity contribution in [2.45, 2.75) is 13.0 Å². The van der Waals surface area contributed by atoms with Crippen molar-refractivity contribution in [2.75, 3.05) is 13.7 Å². The number of carbonyl (C=O) groups excluding carboxylic acids is 1. The third-order valence-electron chi connectivity index (χ3n) is 3.71. The number of hydrogen-bond acceptors (Lipinski definition) is 3. The molecule has 0 fully saturated rings. The van der Waals surface area contributed by atoms with Crippen LogP contribution >= 0.6 is 0 Å². The molecule has 0 unspecified atom stereocenters. The zero-order valence-corrected chi connectivity index (χ0v) is 14.0. The van der Waals surface area contributed by atoms with Gasteiger partial charge in [0.25, 0.3) is 5.91 Å². The first-order valence-corrected chi connectivity index (χ1v) is 7.88. The van der Waals surface area contributed by atoms with Gasteiger partial charge in [-0.05, 0) is 31.2 Å². The van der Waals surface area contributed by atoms with Gasteiger partial charge in [0.05, 0.1) is 12.8 Å². The third-order valence-corrected chi connectivity index (χ3v) is 3.71. The van der Waals surface area contributed by atoms with Crippen molar-refractivity contribution in [3.05, 3.63) is 66.4 Å². The average Bonchev–Trinajstić information content (AvgIpc) is 3.24. The van der Waals surface area contributed by atoms with Crippen LogP contribution in [0.4, 0.5) is 4.39 Å². The topological polar surface area (TPSA) is 61.1 Å². The predicted octanol–water partition coefficient (Wildman–Crippen LogP) is 2.57. The molecule has 6 nitrogen and oxygen atoms in total. The maximum atomic E-state index is 14.2. The van der Waals surface area contributed by atoms with Gasteiger partial charge in [0, 0.05) is 25.5 Å². The second-order valence-electron chi connectivity index (χ2n) is 5.67. The minimum absolute atomic E-state index is 0.160. The highest BCUT2D eigenvalue weighted by molar-refractivity contribution is 5.97. The van der Waals surface area contributed by atoms with Gasteiger partial charge >= 0.3 is 0 Å². The smallest absolute Gasteiger partial charge is 0.257 e. The summed E-state index contributed by atoms with van der Waals surface area (Å²) in [5.41, 5.74) is 0.623. The van der Waals surface area contributed by atoms with E-state index in [1.54, 1.807) is 42.3 Å². The number of ether oxygens (including phenoxy) is 1. The summed E-state index contributed by atoms with van der Waals surface area (Å²) in [6.45, 7) is 2.24. The Morgan fingerprint density at radius 3 is 2.68 bits per heavy atom. The van der Waals surface area contributed by atoms with E-state index < -0.39 is 5.82 Å². The maximum Gasteiger partial charge on any atom is 0.257 e. The van der Waals surface area contributed by atoms with E-state index in [2.05, 4.69) is 10.4 Å². The van der Waals surface area contributed by atoms with E-state index in [4.69, 9.17) is 4.74 Å². The van der Waals surface area contributed by atoms with Gasteiger partial charge < -0.3 is 14.6 Å². The number of carbonyl (C=O) groups is 1. The number of para-hydroxylation sites is 1. The first-order valence-electron chi connectivity index (χ1n) is 7.88. The number of benzene rings is 1. The van der Waals surface area contributed by atoms with E-state index in [9.17, 15) is 9.18 Å². The van der Waals surface area contributed by atoms with Gasteiger partial charge in [-0.1, -0.05) is 12.1 Å². The first-order chi connectivity index (χ1) is 12.1. The summed E-state index contributed by atoms with van der Waals surface area (Å²) >= 11 is 0. The minimum atomic E-state index is -0.418. The lowest BCUT2D eigenvalue weighted by Crippen LogP contribution is -2.36. The Morgan fingerprint density at radius 1 is 1.28 bits per heavy atom. The number of methoxy groups -OCH3 is 1.